The number of aromatic nitrogens is 2. The van der Waals surface area contributed by atoms with Gasteiger partial charge < -0.3 is 9.15 Å². The van der Waals surface area contributed by atoms with E-state index in [9.17, 15) is 20.2 Å². The molecular weight excluding hydrogens is 470 g/mol. The van der Waals surface area contributed by atoms with Crippen LogP contribution in [0.5, 0.6) is 5.75 Å². The monoisotopic (exact) mass is 493 g/mol. The van der Waals surface area contributed by atoms with Crippen LogP contribution in [0, 0.1) is 21.4 Å². The van der Waals surface area contributed by atoms with E-state index >= 15 is 0 Å². The number of anilines is 1. The van der Waals surface area contributed by atoms with Crippen molar-refractivity contribution < 1.29 is 18.9 Å². The van der Waals surface area contributed by atoms with Crippen LogP contribution in [-0.2, 0) is 4.79 Å². The number of hydrogen-bond donors (Lipinski definition) is 1. The van der Waals surface area contributed by atoms with Gasteiger partial charge in [-0.2, -0.15) is 5.26 Å². The Morgan fingerprint density at radius 1 is 1.31 bits per heavy atom. The number of nitriles is 1. The van der Waals surface area contributed by atoms with Crippen molar-refractivity contribution >= 4 is 34.1 Å². The van der Waals surface area contributed by atoms with Crippen LogP contribution in [0.2, 0.25) is 0 Å². The number of nitro benzene ring substituents is 1. The van der Waals surface area contributed by atoms with E-state index in [1.54, 1.807) is 19.1 Å². The lowest BCUT2D eigenvalue weighted by Gasteiger charge is -2.18. The van der Waals surface area contributed by atoms with Gasteiger partial charge in [0, 0.05) is 12.0 Å². The fourth-order valence-corrected chi connectivity index (χ4v) is 4.86. The highest BCUT2D eigenvalue weighted by Crippen LogP contribution is 2.36. The first-order valence-electron chi connectivity index (χ1n) is 11.3. The Labute approximate surface area is 205 Å². The molecule has 1 saturated carbocycles. The lowest BCUT2D eigenvalue weighted by Crippen LogP contribution is -2.13. The predicted octanol–water partition coefficient (Wildman–Crippen LogP) is 5.70. The molecule has 0 unspecified atom stereocenters. The smallest absolute Gasteiger partial charge is 0.284 e. The molecule has 2 heterocycles. The SMILES string of the molecule is CCOc1ccc(-c2ccc(/C=C(/C#N)C(=O)Nc3nnc(C4CCCCC4)s3)o2)c([N+](=O)[O-])c1. The molecule has 10 nitrogen and oxygen atoms in total. The molecule has 0 bridgehead atoms. The summed E-state index contributed by atoms with van der Waals surface area (Å²) < 4.78 is 11.0. The van der Waals surface area contributed by atoms with Crippen LogP contribution in [0.1, 0.15) is 55.7 Å². The van der Waals surface area contributed by atoms with E-state index in [2.05, 4.69) is 15.5 Å². The number of carbonyl (C=O) groups excluding carboxylic acids is 1. The van der Waals surface area contributed by atoms with Gasteiger partial charge in [0.1, 0.15) is 33.9 Å². The molecule has 4 rings (SSSR count). The average Bonchev–Trinajstić information content (AvgIpc) is 3.53. The van der Waals surface area contributed by atoms with E-state index in [1.807, 2.05) is 6.07 Å². The number of carbonyl (C=O) groups is 1. The number of benzene rings is 1. The molecule has 0 aliphatic heterocycles. The molecular formula is C24H23N5O5S. The number of nitrogens with one attached hydrogen (secondary N) is 1. The highest BCUT2D eigenvalue weighted by Gasteiger charge is 2.22. The van der Waals surface area contributed by atoms with Gasteiger partial charge in [0.2, 0.25) is 5.13 Å². The number of rotatable bonds is 8. The van der Waals surface area contributed by atoms with E-state index in [1.165, 1.54) is 42.0 Å². The van der Waals surface area contributed by atoms with Crippen LogP contribution in [-0.4, -0.2) is 27.6 Å². The minimum atomic E-state index is -0.635. The minimum Gasteiger partial charge on any atom is -0.494 e. The Morgan fingerprint density at radius 3 is 2.83 bits per heavy atom. The van der Waals surface area contributed by atoms with Crippen molar-refractivity contribution in [3.63, 3.8) is 0 Å². The summed E-state index contributed by atoms with van der Waals surface area (Å²) in [6.07, 6.45) is 6.98. The Kier molecular flexibility index (Phi) is 7.52. The third-order valence-electron chi connectivity index (χ3n) is 5.64. The Hall–Kier alpha value is -4.04. The van der Waals surface area contributed by atoms with Gasteiger partial charge in [-0.1, -0.05) is 30.6 Å². The Morgan fingerprint density at radius 2 is 2.11 bits per heavy atom. The van der Waals surface area contributed by atoms with Gasteiger partial charge in [-0.05, 0) is 44.0 Å². The largest absolute Gasteiger partial charge is 0.494 e. The van der Waals surface area contributed by atoms with Crippen molar-refractivity contribution in [1.29, 1.82) is 5.26 Å². The third kappa shape index (κ3) is 5.73. The van der Waals surface area contributed by atoms with E-state index in [4.69, 9.17) is 9.15 Å². The molecule has 35 heavy (non-hydrogen) atoms. The van der Waals surface area contributed by atoms with Crippen LogP contribution in [0.4, 0.5) is 10.8 Å². The van der Waals surface area contributed by atoms with Gasteiger partial charge in [-0.3, -0.25) is 20.2 Å². The normalized spacial score (nSPS) is 14.3. The van der Waals surface area contributed by atoms with Crippen LogP contribution < -0.4 is 10.1 Å². The number of nitro groups is 1. The number of amides is 1. The second kappa shape index (κ2) is 10.9. The molecule has 1 N–H and O–H groups in total. The summed E-state index contributed by atoms with van der Waals surface area (Å²) in [4.78, 5) is 23.7. The molecule has 0 saturated heterocycles. The fraction of sp³-hybridized carbons (Fsp3) is 0.333. The van der Waals surface area contributed by atoms with Crippen molar-refractivity contribution in [3.05, 3.63) is 56.8 Å². The molecule has 1 aliphatic rings. The summed E-state index contributed by atoms with van der Waals surface area (Å²) in [5.41, 5.74) is -0.115. The van der Waals surface area contributed by atoms with Gasteiger partial charge in [0.05, 0.1) is 23.2 Å². The summed E-state index contributed by atoms with van der Waals surface area (Å²) in [6.45, 7) is 2.17. The number of ether oxygens (including phenoxy) is 1. The second-order valence-corrected chi connectivity index (χ2v) is 8.98. The molecule has 0 atom stereocenters. The van der Waals surface area contributed by atoms with E-state index in [0.29, 0.717) is 23.4 Å². The van der Waals surface area contributed by atoms with E-state index in [0.717, 1.165) is 30.7 Å². The topological polar surface area (TPSA) is 144 Å². The van der Waals surface area contributed by atoms with Gasteiger partial charge in [0.25, 0.3) is 11.6 Å². The molecule has 180 valence electrons. The van der Waals surface area contributed by atoms with Crippen molar-refractivity contribution in [2.24, 2.45) is 0 Å². The van der Waals surface area contributed by atoms with Crippen LogP contribution >= 0.6 is 11.3 Å². The lowest BCUT2D eigenvalue weighted by molar-refractivity contribution is -0.384. The maximum Gasteiger partial charge on any atom is 0.284 e. The first-order valence-corrected chi connectivity index (χ1v) is 12.1. The van der Waals surface area contributed by atoms with Gasteiger partial charge in [-0.15, -0.1) is 10.2 Å². The minimum absolute atomic E-state index is 0.177. The van der Waals surface area contributed by atoms with Gasteiger partial charge in [-0.25, -0.2) is 0 Å². The van der Waals surface area contributed by atoms with E-state index in [-0.39, 0.29) is 28.3 Å². The number of hydrogen-bond acceptors (Lipinski definition) is 9. The van der Waals surface area contributed by atoms with E-state index < -0.39 is 10.8 Å². The average molecular weight is 494 g/mol. The molecule has 0 radical (unpaired) electrons. The highest BCUT2D eigenvalue weighted by atomic mass is 32.1. The molecule has 11 heteroatoms. The third-order valence-corrected chi connectivity index (χ3v) is 6.64. The summed E-state index contributed by atoms with van der Waals surface area (Å²) >= 11 is 1.32. The quantitative estimate of drug-likeness (QED) is 0.182. The summed E-state index contributed by atoms with van der Waals surface area (Å²) in [6, 6.07) is 9.42. The molecule has 1 aromatic carbocycles. The van der Waals surface area contributed by atoms with Crippen LogP contribution in [0.15, 0.2) is 40.3 Å². The standard InChI is InChI=1S/C24H23N5O5S/c1-2-33-17-8-10-19(20(13-17)29(31)32)21-11-9-18(34-21)12-16(14-25)22(30)26-24-28-27-23(35-24)15-6-4-3-5-7-15/h8-13,15H,2-7H2,1H3,(H,26,28,30)/b16-12-. The highest BCUT2D eigenvalue weighted by molar-refractivity contribution is 7.15. The summed E-state index contributed by atoms with van der Waals surface area (Å²) in [5.74, 6) is 0.538. The zero-order valence-electron chi connectivity index (χ0n) is 19.0. The number of furan rings is 1. The fourth-order valence-electron chi connectivity index (χ4n) is 3.96. The number of nitrogens with zero attached hydrogens (tertiary/aromatic N) is 4. The Bertz CT molecular complexity index is 1300. The molecule has 3 aromatic rings. The molecule has 0 spiro atoms. The first-order chi connectivity index (χ1) is 17.0. The Balaban J connectivity index is 1.50. The predicted molar refractivity (Wildman–Crippen MR) is 130 cm³/mol. The molecule has 1 aliphatic carbocycles. The molecule has 1 fully saturated rings. The molecule has 1 amide bonds. The summed E-state index contributed by atoms with van der Waals surface area (Å²) in [7, 11) is 0. The maximum atomic E-state index is 12.6. The van der Waals surface area contributed by atoms with Crippen molar-refractivity contribution in [2.45, 2.75) is 44.9 Å². The van der Waals surface area contributed by atoms with Crippen LogP contribution in [0.25, 0.3) is 17.4 Å². The molecule has 2 aromatic heterocycles. The first kappa shape index (κ1) is 24.1. The zero-order valence-corrected chi connectivity index (χ0v) is 19.8. The zero-order chi connectivity index (χ0) is 24.8. The second-order valence-electron chi connectivity index (χ2n) is 7.98. The van der Waals surface area contributed by atoms with Crippen molar-refractivity contribution in [3.8, 4) is 23.1 Å². The lowest BCUT2D eigenvalue weighted by atomic mass is 9.90. The van der Waals surface area contributed by atoms with Crippen molar-refractivity contribution in [2.75, 3.05) is 11.9 Å². The van der Waals surface area contributed by atoms with Crippen LogP contribution in [0.3, 0.4) is 0 Å². The van der Waals surface area contributed by atoms with Gasteiger partial charge in [0.15, 0.2) is 0 Å². The maximum absolute atomic E-state index is 12.6. The van der Waals surface area contributed by atoms with Gasteiger partial charge >= 0.3 is 0 Å². The summed E-state index contributed by atoms with van der Waals surface area (Å²) in [5, 5.41) is 33.2. The van der Waals surface area contributed by atoms with Crippen molar-refractivity contribution in [1.82, 2.24) is 10.2 Å².